The molecule has 1 aromatic rings. The van der Waals surface area contributed by atoms with Crippen LogP contribution in [0.25, 0.3) is 0 Å². The van der Waals surface area contributed by atoms with Crippen LogP contribution in [0.2, 0.25) is 5.15 Å². The number of amides is 4. The number of nitrogens with zero attached hydrogens (tertiary/aromatic N) is 2. The average molecular weight is 395 g/mol. The predicted molar refractivity (Wildman–Crippen MR) is 94.9 cm³/mol. The SMILES string of the molecule is C[C@H](OC(=O)CN1C(=O)NC2(CCCC2)C1=O)C(=O)Nc1cccnc1Cl. The molecule has 2 heterocycles. The van der Waals surface area contributed by atoms with Gasteiger partial charge in [-0.3, -0.25) is 19.3 Å². The van der Waals surface area contributed by atoms with E-state index in [0.717, 1.165) is 17.7 Å². The maximum Gasteiger partial charge on any atom is 0.327 e. The Morgan fingerprint density at radius 3 is 2.78 bits per heavy atom. The number of anilines is 1. The Bertz CT molecular complexity index is 793. The van der Waals surface area contributed by atoms with Crippen LogP contribution in [0.1, 0.15) is 32.6 Å². The first-order chi connectivity index (χ1) is 12.8. The van der Waals surface area contributed by atoms with Crippen LogP contribution in [0.3, 0.4) is 0 Å². The zero-order valence-corrected chi connectivity index (χ0v) is 15.4. The van der Waals surface area contributed by atoms with Crippen molar-refractivity contribution in [3.63, 3.8) is 0 Å². The molecular weight excluding hydrogens is 376 g/mol. The minimum Gasteiger partial charge on any atom is -0.451 e. The molecular formula is C17H19ClN4O5. The summed E-state index contributed by atoms with van der Waals surface area (Å²) in [7, 11) is 0. The summed E-state index contributed by atoms with van der Waals surface area (Å²) in [6, 6.07) is 2.53. The lowest BCUT2D eigenvalue weighted by Crippen LogP contribution is -2.44. The zero-order chi connectivity index (χ0) is 19.6. The van der Waals surface area contributed by atoms with E-state index < -0.39 is 42.0 Å². The number of imide groups is 1. The third kappa shape index (κ3) is 3.87. The number of aromatic nitrogens is 1. The molecule has 1 saturated carbocycles. The molecule has 2 aliphatic rings. The number of halogens is 1. The lowest BCUT2D eigenvalue weighted by Gasteiger charge is -2.20. The summed E-state index contributed by atoms with van der Waals surface area (Å²) in [6.07, 6.45) is 3.14. The lowest BCUT2D eigenvalue weighted by atomic mass is 9.98. The molecule has 1 atom stereocenters. The van der Waals surface area contributed by atoms with E-state index in [4.69, 9.17) is 16.3 Å². The summed E-state index contributed by atoms with van der Waals surface area (Å²) in [5, 5.41) is 5.28. The second-order valence-corrected chi connectivity index (χ2v) is 6.93. The second kappa shape index (κ2) is 7.51. The summed E-state index contributed by atoms with van der Waals surface area (Å²) < 4.78 is 5.05. The first-order valence-corrected chi connectivity index (χ1v) is 8.95. The highest BCUT2D eigenvalue weighted by molar-refractivity contribution is 6.32. The van der Waals surface area contributed by atoms with Crippen molar-refractivity contribution in [2.45, 2.75) is 44.2 Å². The Morgan fingerprint density at radius 1 is 1.41 bits per heavy atom. The van der Waals surface area contributed by atoms with E-state index in [1.54, 1.807) is 12.1 Å². The van der Waals surface area contributed by atoms with Gasteiger partial charge in [-0.25, -0.2) is 9.78 Å². The van der Waals surface area contributed by atoms with Crippen molar-refractivity contribution in [1.29, 1.82) is 0 Å². The van der Waals surface area contributed by atoms with Crippen LogP contribution < -0.4 is 10.6 Å². The van der Waals surface area contributed by atoms with Crippen molar-refractivity contribution >= 4 is 41.1 Å². The number of pyridine rings is 1. The third-order valence-electron chi connectivity index (χ3n) is 4.68. The molecule has 27 heavy (non-hydrogen) atoms. The topological polar surface area (TPSA) is 118 Å². The van der Waals surface area contributed by atoms with Gasteiger partial charge in [0.1, 0.15) is 12.1 Å². The number of carbonyl (C=O) groups is 4. The molecule has 0 unspecified atom stereocenters. The highest BCUT2D eigenvalue weighted by atomic mass is 35.5. The molecule has 144 valence electrons. The van der Waals surface area contributed by atoms with Crippen LogP contribution in [0, 0.1) is 0 Å². The van der Waals surface area contributed by atoms with Crippen molar-refractivity contribution in [3.8, 4) is 0 Å². The standard InChI is InChI=1S/C17H19ClN4O5/c1-10(14(24)20-11-5-4-8-19-13(11)18)27-12(23)9-22-15(25)17(21-16(22)26)6-2-3-7-17/h4-5,8,10H,2-3,6-7,9H2,1H3,(H,20,24)(H,21,26)/t10-/m0/s1. The fraction of sp³-hybridized carbons (Fsp3) is 0.471. The molecule has 9 nitrogen and oxygen atoms in total. The summed E-state index contributed by atoms with van der Waals surface area (Å²) in [6.45, 7) is 0.833. The maximum atomic E-state index is 12.5. The van der Waals surface area contributed by atoms with Gasteiger partial charge < -0.3 is 15.4 Å². The minimum atomic E-state index is -1.14. The summed E-state index contributed by atoms with van der Waals surface area (Å²) in [5.74, 6) is -1.88. The first-order valence-electron chi connectivity index (χ1n) is 8.57. The quantitative estimate of drug-likeness (QED) is 0.443. The number of carbonyl (C=O) groups excluding carboxylic acids is 4. The molecule has 0 radical (unpaired) electrons. The molecule has 0 bridgehead atoms. The van der Waals surface area contributed by atoms with Gasteiger partial charge in [-0.05, 0) is 31.9 Å². The number of ether oxygens (including phenoxy) is 1. The lowest BCUT2D eigenvalue weighted by molar-refractivity contribution is -0.155. The molecule has 1 aromatic heterocycles. The number of hydrogen-bond donors (Lipinski definition) is 2. The fourth-order valence-corrected chi connectivity index (χ4v) is 3.43. The highest BCUT2D eigenvalue weighted by Crippen LogP contribution is 2.34. The Labute approximate surface area is 160 Å². The fourth-order valence-electron chi connectivity index (χ4n) is 3.27. The largest absolute Gasteiger partial charge is 0.451 e. The minimum absolute atomic E-state index is 0.102. The number of esters is 1. The summed E-state index contributed by atoms with van der Waals surface area (Å²) in [5.41, 5.74) is -0.610. The van der Waals surface area contributed by atoms with E-state index in [1.165, 1.54) is 13.1 Å². The normalized spacial score (nSPS) is 19.1. The Balaban J connectivity index is 1.56. The van der Waals surface area contributed by atoms with Crippen LogP contribution in [-0.4, -0.2) is 51.9 Å². The van der Waals surface area contributed by atoms with Crippen molar-refractivity contribution in [2.75, 3.05) is 11.9 Å². The Morgan fingerprint density at radius 2 is 2.11 bits per heavy atom. The molecule has 1 aliphatic carbocycles. The van der Waals surface area contributed by atoms with E-state index in [9.17, 15) is 19.2 Å². The average Bonchev–Trinajstić information content (AvgIpc) is 3.18. The monoisotopic (exact) mass is 394 g/mol. The number of nitrogens with one attached hydrogen (secondary N) is 2. The van der Waals surface area contributed by atoms with Crippen LogP contribution in [0.5, 0.6) is 0 Å². The van der Waals surface area contributed by atoms with E-state index in [-0.39, 0.29) is 10.8 Å². The highest BCUT2D eigenvalue weighted by Gasteiger charge is 2.52. The van der Waals surface area contributed by atoms with E-state index >= 15 is 0 Å². The van der Waals surface area contributed by atoms with Crippen molar-refractivity contribution < 1.29 is 23.9 Å². The van der Waals surface area contributed by atoms with E-state index in [1.807, 2.05) is 0 Å². The van der Waals surface area contributed by atoms with Crippen LogP contribution in [0.15, 0.2) is 18.3 Å². The van der Waals surface area contributed by atoms with Crippen molar-refractivity contribution in [3.05, 3.63) is 23.5 Å². The predicted octanol–water partition coefficient (Wildman–Crippen LogP) is 1.47. The molecule has 0 aromatic carbocycles. The summed E-state index contributed by atoms with van der Waals surface area (Å²) >= 11 is 5.86. The molecule has 1 saturated heterocycles. The van der Waals surface area contributed by atoms with Gasteiger partial charge in [0.15, 0.2) is 11.3 Å². The van der Waals surface area contributed by atoms with Crippen molar-refractivity contribution in [1.82, 2.24) is 15.2 Å². The van der Waals surface area contributed by atoms with Gasteiger partial charge in [0.25, 0.3) is 11.8 Å². The second-order valence-electron chi connectivity index (χ2n) is 6.57. The van der Waals surface area contributed by atoms with Crippen LogP contribution in [-0.2, 0) is 19.1 Å². The Kier molecular flexibility index (Phi) is 5.31. The molecule has 1 spiro atoms. The van der Waals surface area contributed by atoms with E-state index in [0.29, 0.717) is 12.8 Å². The van der Waals surface area contributed by atoms with Gasteiger partial charge in [0, 0.05) is 6.20 Å². The Hall–Kier alpha value is -2.68. The van der Waals surface area contributed by atoms with Gasteiger partial charge >= 0.3 is 12.0 Å². The van der Waals surface area contributed by atoms with Crippen LogP contribution in [0.4, 0.5) is 10.5 Å². The molecule has 3 rings (SSSR count). The van der Waals surface area contributed by atoms with Gasteiger partial charge in [0.2, 0.25) is 0 Å². The van der Waals surface area contributed by atoms with Gasteiger partial charge in [0.05, 0.1) is 5.69 Å². The van der Waals surface area contributed by atoms with Crippen LogP contribution >= 0.6 is 11.6 Å². The first kappa shape index (κ1) is 19.1. The smallest absolute Gasteiger partial charge is 0.327 e. The summed E-state index contributed by atoms with van der Waals surface area (Å²) in [4.78, 5) is 53.5. The number of urea groups is 1. The van der Waals surface area contributed by atoms with Gasteiger partial charge in [-0.15, -0.1) is 0 Å². The molecule has 2 N–H and O–H groups in total. The molecule has 4 amide bonds. The molecule has 1 aliphatic heterocycles. The van der Waals surface area contributed by atoms with E-state index in [2.05, 4.69) is 15.6 Å². The molecule has 2 fully saturated rings. The van der Waals surface area contributed by atoms with Gasteiger partial charge in [-0.2, -0.15) is 0 Å². The van der Waals surface area contributed by atoms with Gasteiger partial charge in [-0.1, -0.05) is 24.4 Å². The van der Waals surface area contributed by atoms with Crippen molar-refractivity contribution in [2.24, 2.45) is 0 Å². The maximum absolute atomic E-state index is 12.5. The number of rotatable bonds is 5. The zero-order valence-electron chi connectivity index (χ0n) is 14.7. The third-order valence-corrected chi connectivity index (χ3v) is 4.99. The molecule has 10 heteroatoms. The number of hydrogen-bond acceptors (Lipinski definition) is 6.